The van der Waals surface area contributed by atoms with Gasteiger partial charge in [0.05, 0.1) is 40.7 Å². The van der Waals surface area contributed by atoms with Gasteiger partial charge < -0.3 is 15.5 Å². The summed E-state index contributed by atoms with van der Waals surface area (Å²) >= 11 is 6.48. The van der Waals surface area contributed by atoms with Gasteiger partial charge in [0.25, 0.3) is 0 Å². The van der Waals surface area contributed by atoms with Crippen LogP contribution in [0.3, 0.4) is 0 Å². The third kappa shape index (κ3) is 4.45. The van der Waals surface area contributed by atoms with E-state index in [-0.39, 0.29) is 5.91 Å². The highest BCUT2D eigenvalue weighted by Gasteiger charge is 2.22. The number of rotatable bonds is 5. The highest BCUT2D eigenvalue weighted by atomic mass is 35.5. The van der Waals surface area contributed by atoms with Crippen molar-refractivity contribution in [2.45, 2.75) is 31.6 Å². The molecule has 2 aromatic heterocycles. The maximum Gasteiger partial charge on any atom is 0.227 e. The van der Waals surface area contributed by atoms with Crippen LogP contribution in [0.25, 0.3) is 11.3 Å². The lowest BCUT2D eigenvalue weighted by Gasteiger charge is -2.23. The minimum atomic E-state index is 0.127. The van der Waals surface area contributed by atoms with Crippen LogP contribution >= 0.6 is 11.6 Å². The Morgan fingerprint density at radius 1 is 1.12 bits per heavy atom. The van der Waals surface area contributed by atoms with Crippen LogP contribution in [0.4, 0.5) is 17.3 Å². The van der Waals surface area contributed by atoms with Crippen LogP contribution in [0.2, 0.25) is 5.02 Å². The molecule has 0 radical (unpaired) electrons. The van der Waals surface area contributed by atoms with Crippen molar-refractivity contribution in [3.8, 4) is 11.3 Å². The van der Waals surface area contributed by atoms with Crippen LogP contribution in [0.15, 0.2) is 48.9 Å². The van der Waals surface area contributed by atoms with E-state index in [2.05, 4.69) is 38.8 Å². The van der Waals surface area contributed by atoms with E-state index in [1.165, 1.54) is 5.56 Å². The summed E-state index contributed by atoms with van der Waals surface area (Å²) in [6.45, 7) is 2.82. The third-order valence-corrected chi connectivity index (χ3v) is 6.36. The van der Waals surface area contributed by atoms with E-state index in [4.69, 9.17) is 16.6 Å². The summed E-state index contributed by atoms with van der Waals surface area (Å²) in [4.78, 5) is 27.1. The van der Waals surface area contributed by atoms with Crippen LogP contribution in [0.1, 0.15) is 37.2 Å². The van der Waals surface area contributed by atoms with Crippen LogP contribution in [-0.4, -0.2) is 40.5 Å². The van der Waals surface area contributed by atoms with Crippen molar-refractivity contribution in [1.29, 1.82) is 0 Å². The predicted molar refractivity (Wildman–Crippen MR) is 126 cm³/mol. The summed E-state index contributed by atoms with van der Waals surface area (Å²) in [7, 11) is 0. The van der Waals surface area contributed by atoms with Crippen molar-refractivity contribution in [1.82, 2.24) is 20.3 Å². The Hall–Kier alpha value is -3.03. The van der Waals surface area contributed by atoms with Crippen LogP contribution in [0.5, 0.6) is 0 Å². The van der Waals surface area contributed by atoms with Crippen molar-refractivity contribution in [2.75, 3.05) is 29.9 Å². The van der Waals surface area contributed by atoms with E-state index in [1.807, 2.05) is 12.1 Å². The molecule has 2 N–H and O–H groups in total. The smallest absolute Gasteiger partial charge is 0.227 e. The lowest BCUT2D eigenvalue weighted by atomic mass is 9.89. The van der Waals surface area contributed by atoms with Gasteiger partial charge in [0.2, 0.25) is 11.9 Å². The zero-order valence-corrected chi connectivity index (χ0v) is 18.5. The van der Waals surface area contributed by atoms with E-state index >= 15 is 0 Å². The number of anilines is 3. The first-order valence-corrected chi connectivity index (χ1v) is 11.4. The lowest BCUT2D eigenvalue weighted by Crippen LogP contribution is -2.26. The first-order valence-electron chi connectivity index (χ1n) is 11.0. The molecule has 5 rings (SSSR count). The minimum absolute atomic E-state index is 0.127. The summed E-state index contributed by atoms with van der Waals surface area (Å²) in [5.74, 6) is 1.11. The second kappa shape index (κ2) is 9.22. The fourth-order valence-corrected chi connectivity index (χ4v) is 4.62. The van der Waals surface area contributed by atoms with Crippen molar-refractivity contribution >= 4 is 34.8 Å². The van der Waals surface area contributed by atoms with Gasteiger partial charge in [-0.15, -0.1) is 0 Å². The van der Waals surface area contributed by atoms with Crippen molar-refractivity contribution in [3.63, 3.8) is 0 Å². The molecule has 8 heteroatoms. The van der Waals surface area contributed by atoms with Crippen LogP contribution < -0.4 is 15.5 Å². The highest BCUT2D eigenvalue weighted by molar-refractivity contribution is 6.32. The average molecular weight is 449 g/mol. The first kappa shape index (κ1) is 20.8. The topological polar surface area (TPSA) is 83.0 Å². The van der Waals surface area contributed by atoms with E-state index in [9.17, 15) is 4.79 Å². The number of hydrogen-bond donors (Lipinski definition) is 2. The van der Waals surface area contributed by atoms with Gasteiger partial charge in [0.15, 0.2) is 0 Å². The second-order valence-corrected chi connectivity index (χ2v) is 8.65. The number of amides is 1. The van der Waals surface area contributed by atoms with Gasteiger partial charge in [-0.2, -0.15) is 0 Å². The molecule has 2 fully saturated rings. The average Bonchev–Trinajstić information content (AvgIpc) is 3.27. The van der Waals surface area contributed by atoms with Gasteiger partial charge in [-0.1, -0.05) is 29.8 Å². The molecule has 4 heterocycles. The molecule has 0 spiro atoms. The number of halogens is 1. The molecule has 2 saturated heterocycles. The largest absolute Gasteiger partial charge is 0.323 e. The molecular formula is C24H25ClN6O. The van der Waals surface area contributed by atoms with Gasteiger partial charge in [-0.05, 0) is 56.0 Å². The molecule has 32 heavy (non-hydrogen) atoms. The molecule has 7 nitrogen and oxygen atoms in total. The molecule has 0 aliphatic carbocycles. The Kier molecular flexibility index (Phi) is 6.01. The molecular weight excluding hydrogens is 424 g/mol. The number of pyridine rings is 1. The lowest BCUT2D eigenvalue weighted by molar-refractivity contribution is -0.117. The van der Waals surface area contributed by atoms with Crippen LogP contribution in [0, 0.1) is 0 Å². The quantitative estimate of drug-likeness (QED) is 0.596. The number of nitrogens with one attached hydrogen (secondary N) is 2. The Labute approximate surface area is 192 Å². The zero-order valence-electron chi connectivity index (χ0n) is 17.7. The number of piperidine rings is 1. The number of carbonyl (C=O) groups excluding carboxylic acids is 1. The van der Waals surface area contributed by atoms with Gasteiger partial charge >= 0.3 is 0 Å². The Morgan fingerprint density at radius 2 is 2.00 bits per heavy atom. The monoisotopic (exact) mass is 448 g/mol. The Morgan fingerprint density at radius 3 is 2.81 bits per heavy atom. The standard InChI is InChI=1S/C24H25ClN6O/c25-21-15-28-24(29-19-12-20(14-27-13-19)31-10-2-5-22(31)32)30-23(21)18-4-1-3-17(11-18)16-6-8-26-9-7-16/h1,3-4,11-16,26H,2,5-10H2,(H,28,29,30). The first-order chi connectivity index (χ1) is 15.7. The highest BCUT2D eigenvalue weighted by Crippen LogP contribution is 2.32. The number of benzene rings is 1. The summed E-state index contributed by atoms with van der Waals surface area (Å²) in [6, 6.07) is 10.4. The normalized spacial score (nSPS) is 17.0. The van der Waals surface area contributed by atoms with Gasteiger partial charge in [0.1, 0.15) is 0 Å². The minimum Gasteiger partial charge on any atom is -0.323 e. The zero-order chi connectivity index (χ0) is 21.9. The predicted octanol–water partition coefficient (Wildman–Crippen LogP) is 4.53. The molecule has 3 aromatic rings. The van der Waals surface area contributed by atoms with Gasteiger partial charge in [-0.3, -0.25) is 9.78 Å². The second-order valence-electron chi connectivity index (χ2n) is 8.25. The molecule has 2 aliphatic rings. The Balaban J connectivity index is 1.40. The molecule has 1 aromatic carbocycles. The van der Waals surface area contributed by atoms with E-state index in [0.29, 0.717) is 29.0 Å². The Bertz CT molecular complexity index is 1130. The summed E-state index contributed by atoms with van der Waals surface area (Å²) in [6.07, 6.45) is 8.74. The number of hydrogen-bond acceptors (Lipinski definition) is 6. The maximum absolute atomic E-state index is 12.1. The number of nitrogens with zero attached hydrogens (tertiary/aromatic N) is 4. The van der Waals surface area contributed by atoms with Gasteiger partial charge in [-0.25, -0.2) is 9.97 Å². The van der Waals surface area contributed by atoms with Crippen molar-refractivity contribution in [3.05, 3.63) is 59.5 Å². The van der Waals surface area contributed by atoms with E-state index in [0.717, 1.165) is 55.8 Å². The molecule has 1 amide bonds. The van der Waals surface area contributed by atoms with Gasteiger partial charge in [0, 0.05) is 18.5 Å². The molecule has 0 saturated carbocycles. The SMILES string of the molecule is O=C1CCCN1c1cncc(Nc2ncc(Cl)c(-c3cccc(C4CCNCC4)c3)n2)c1. The van der Waals surface area contributed by atoms with Crippen molar-refractivity contribution < 1.29 is 4.79 Å². The van der Waals surface area contributed by atoms with Crippen molar-refractivity contribution in [2.24, 2.45) is 0 Å². The summed E-state index contributed by atoms with van der Waals surface area (Å²) in [5.41, 5.74) is 4.49. The van der Waals surface area contributed by atoms with E-state index in [1.54, 1.807) is 23.5 Å². The molecule has 0 atom stereocenters. The fourth-order valence-electron chi connectivity index (χ4n) is 4.42. The van der Waals surface area contributed by atoms with E-state index < -0.39 is 0 Å². The molecule has 0 unspecified atom stereocenters. The maximum atomic E-state index is 12.1. The molecule has 2 aliphatic heterocycles. The summed E-state index contributed by atoms with van der Waals surface area (Å²) < 4.78 is 0. The molecule has 0 bridgehead atoms. The number of aromatic nitrogens is 3. The number of carbonyl (C=O) groups is 1. The molecule has 164 valence electrons. The third-order valence-electron chi connectivity index (χ3n) is 6.08. The fraction of sp³-hybridized carbons (Fsp3) is 0.333. The summed E-state index contributed by atoms with van der Waals surface area (Å²) in [5, 5.41) is 7.13. The van der Waals surface area contributed by atoms with Crippen LogP contribution in [-0.2, 0) is 4.79 Å².